The lowest BCUT2D eigenvalue weighted by atomic mass is 10.1. The summed E-state index contributed by atoms with van der Waals surface area (Å²) in [6, 6.07) is 13.4. The number of aryl methyl sites for hydroxylation is 2. The van der Waals surface area contributed by atoms with Crippen LogP contribution < -0.4 is 10.1 Å². The summed E-state index contributed by atoms with van der Waals surface area (Å²) >= 11 is 3.38. The van der Waals surface area contributed by atoms with E-state index in [-0.39, 0.29) is 5.91 Å². The van der Waals surface area contributed by atoms with E-state index in [1.165, 1.54) is 0 Å². The molecule has 2 aromatic rings. The fourth-order valence-electron chi connectivity index (χ4n) is 1.90. The van der Waals surface area contributed by atoms with Gasteiger partial charge in [0.2, 0.25) is 0 Å². The Morgan fingerprint density at radius 3 is 2.67 bits per heavy atom. The highest BCUT2D eigenvalue weighted by atomic mass is 79.9. The molecule has 4 heteroatoms. The van der Waals surface area contributed by atoms with Crippen molar-refractivity contribution in [3.05, 3.63) is 58.1 Å². The van der Waals surface area contributed by atoms with Crippen molar-refractivity contribution in [1.82, 2.24) is 0 Å². The van der Waals surface area contributed by atoms with Gasteiger partial charge in [0, 0.05) is 10.2 Å². The molecule has 0 unspecified atom stereocenters. The molecule has 1 N–H and O–H groups in total. The quantitative estimate of drug-likeness (QED) is 0.885. The van der Waals surface area contributed by atoms with Crippen molar-refractivity contribution in [3.63, 3.8) is 0 Å². The number of hydrogen-bond donors (Lipinski definition) is 1. The fraction of sp³-hybridized carbons (Fsp3) is 0.235. The second-order valence-electron chi connectivity index (χ2n) is 5.03. The van der Waals surface area contributed by atoms with Gasteiger partial charge in [0.25, 0.3) is 5.91 Å². The number of benzene rings is 2. The molecule has 21 heavy (non-hydrogen) atoms. The smallest absolute Gasteiger partial charge is 0.265 e. The van der Waals surface area contributed by atoms with Crippen LogP contribution >= 0.6 is 15.9 Å². The average Bonchev–Trinajstić information content (AvgIpc) is 2.43. The molecule has 1 atom stereocenters. The summed E-state index contributed by atoms with van der Waals surface area (Å²) in [6.07, 6.45) is -0.570. The van der Waals surface area contributed by atoms with Crippen LogP contribution in [-0.2, 0) is 4.79 Å². The number of ether oxygens (including phenoxy) is 1. The van der Waals surface area contributed by atoms with Crippen LogP contribution in [0, 0.1) is 13.8 Å². The van der Waals surface area contributed by atoms with Crippen molar-refractivity contribution in [1.29, 1.82) is 0 Å². The maximum absolute atomic E-state index is 12.2. The summed E-state index contributed by atoms with van der Waals surface area (Å²) in [4.78, 5) is 12.2. The van der Waals surface area contributed by atoms with E-state index in [0.717, 1.165) is 21.3 Å². The average molecular weight is 348 g/mol. The molecule has 0 aliphatic heterocycles. The van der Waals surface area contributed by atoms with Gasteiger partial charge in [0.15, 0.2) is 6.10 Å². The minimum absolute atomic E-state index is 0.163. The molecule has 110 valence electrons. The third kappa shape index (κ3) is 4.33. The first kappa shape index (κ1) is 15.6. The van der Waals surface area contributed by atoms with Crippen molar-refractivity contribution < 1.29 is 9.53 Å². The van der Waals surface area contributed by atoms with Crippen molar-refractivity contribution in [2.24, 2.45) is 0 Å². The normalized spacial score (nSPS) is 11.8. The van der Waals surface area contributed by atoms with Crippen molar-refractivity contribution in [2.75, 3.05) is 5.32 Å². The standard InChI is InChI=1S/C17H18BrNO2/c1-11-7-8-12(2)16(9-11)19-17(20)13(3)21-15-6-4-5-14(18)10-15/h4-10,13H,1-3H3,(H,19,20)/t13-/m1/s1. The van der Waals surface area contributed by atoms with Crippen LogP contribution in [-0.4, -0.2) is 12.0 Å². The Hall–Kier alpha value is -1.81. The Labute approximate surface area is 133 Å². The maximum atomic E-state index is 12.2. The molecule has 0 fully saturated rings. The first-order chi connectivity index (χ1) is 9.95. The van der Waals surface area contributed by atoms with Gasteiger partial charge in [-0.3, -0.25) is 4.79 Å². The van der Waals surface area contributed by atoms with Gasteiger partial charge < -0.3 is 10.1 Å². The van der Waals surface area contributed by atoms with Gasteiger partial charge in [-0.2, -0.15) is 0 Å². The SMILES string of the molecule is Cc1ccc(C)c(NC(=O)[C@@H](C)Oc2cccc(Br)c2)c1. The minimum Gasteiger partial charge on any atom is -0.481 e. The molecule has 0 bridgehead atoms. The van der Waals surface area contributed by atoms with E-state index in [0.29, 0.717) is 5.75 Å². The predicted octanol–water partition coefficient (Wildman–Crippen LogP) is 4.47. The van der Waals surface area contributed by atoms with Crippen LogP contribution in [0.25, 0.3) is 0 Å². The molecule has 0 heterocycles. The van der Waals surface area contributed by atoms with Gasteiger partial charge in [-0.15, -0.1) is 0 Å². The number of rotatable bonds is 4. The topological polar surface area (TPSA) is 38.3 Å². The van der Waals surface area contributed by atoms with E-state index in [1.807, 2.05) is 56.3 Å². The summed E-state index contributed by atoms with van der Waals surface area (Å²) in [5.74, 6) is 0.497. The molecule has 0 spiro atoms. The molecule has 0 saturated carbocycles. The van der Waals surface area contributed by atoms with E-state index in [2.05, 4.69) is 21.2 Å². The van der Waals surface area contributed by atoms with Crippen LogP contribution in [0.3, 0.4) is 0 Å². The van der Waals surface area contributed by atoms with Crippen LogP contribution in [0.4, 0.5) is 5.69 Å². The molecule has 0 saturated heterocycles. The number of nitrogens with one attached hydrogen (secondary N) is 1. The molecule has 2 rings (SSSR count). The third-order valence-electron chi connectivity index (χ3n) is 3.13. The van der Waals surface area contributed by atoms with Crippen molar-refractivity contribution in [2.45, 2.75) is 26.9 Å². The number of anilines is 1. The lowest BCUT2D eigenvalue weighted by Gasteiger charge is -2.16. The summed E-state index contributed by atoms with van der Waals surface area (Å²) in [5, 5.41) is 2.91. The maximum Gasteiger partial charge on any atom is 0.265 e. The van der Waals surface area contributed by atoms with E-state index < -0.39 is 6.10 Å². The molecular weight excluding hydrogens is 330 g/mol. The molecular formula is C17H18BrNO2. The van der Waals surface area contributed by atoms with Crippen LogP contribution in [0.1, 0.15) is 18.1 Å². The highest BCUT2D eigenvalue weighted by Crippen LogP contribution is 2.20. The van der Waals surface area contributed by atoms with E-state index >= 15 is 0 Å². The van der Waals surface area contributed by atoms with Gasteiger partial charge in [-0.1, -0.05) is 34.1 Å². The first-order valence-electron chi connectivity index (χ1n) is 6.76. The Morgan fingerprint density at radius 1 is 1.19 bits per heavy atom. The monoisotopic (exact) mass is 347 g/mol. The van der Waals surface area contributed by atoms with Gasteiger partial charge in [0.1, 0.15) is 5.75 Å². The van der Waals surface area contributed by atoms with Crippen LogP contribution in [0.2, 0.25) is 0 Å². The number of carbonyl (C=O) groups is 1. The lowest BCUT2D eigenvalue weighted by Crippen LogP contribution is -2.30. The number of carbonyl (C=O) groups excluding carboxylic acids is 1. The summed E-state index contributed by atoms with van der Waals surface area (Å²) < 4.78 is 6.58. The Morgan fingerprint density at radius 2 is 1.95 bits per heavy atom. The number of halogens is 1. The molecule has 0 radical (unpaired) electrons. The molecule has 0 aliphatic rings. The molecule has 3 nitrogen and oxygen atoms in total. The largest absolute Gasteiger partial charge is 0.481 e. The molecule has 2 aromatic carbocycles. The minimum atomic E-state index is -0.570. The Kier molecular flexibility index (Phi) is 5.02. The molecule has 0 aliphatic carbocycles. The zero-order valence-corrected chi connectivity index (χ0v) is 13.9. The summed E-state index contributed by atoms with van der Waals surface area (Å²) in [5.41, 5.74) is 2.96. The van der Waals surface area contributed by atoms with Gasteiger partial charge in [0.05, 0.1) is 0 Å². The first-order valence-corrected chi connectivity index (χ1v) is 7.55. The zero-order valence-electron chi connectivity index (χ0n) is 12.3. The van der Waals surface area contributed by atoms with Gasteiger partial charge in [-0.05, 0) is 56.2 Å². The number of amides is 1. The third-order valence-corrected chi connectivity index (χ3v) is 3.62. The second kappa shape index (κ2) is 6.76. The highest BCUT2D eigenvalue weighted by Gasteiger charge is 2.15. The Bertz CT molecular complexity index is 655. The van der Waals surface area contributed by atoms with Crippen molar-refractivity contribution >= 4 is 27.5 Å². The summed E-state index contributed by atoms with van der Waals surface area (Å²) in [7, 11) is 0. The fourth-order valence-corrected chi connectivity index (χ4v) is 2.28. The van der Waals surface area contributed by atoms with E-state index in [4.69, 9.17) is 4.74 Å². The lowest BCUT2D eigenvalue weighted by molar-refractivity contribution is -0.122. The van der Waals surface area contributed by atoms with E-state index in [9.17, 15) is 4.79 Å². The van der Waals surface area contributed by atoms with E-state index in [1.54, 1.807) is 6.92 Å². The second-order valence-corrected chi connectivity index (χ2v) is 5.94. The number of hydrogen-bond acceptors (Lipinski definition) is 2. The van der Waals surface area contributed by atoms with Crippen LogP contribution in [0.15, 0.2) is 46.9 Å². The Balaban J connectivity index is 2.04. The highest BCUT2D eigenvalue weighted by molar-refractivity contribution is 9.10. The predicted molar refractivity (Wildman–Crippen MR) is 88.8 cm³/mol. The zero-order chi connectivity index (χ0) is 15.4. The van der Waals surface area contributed by atoms with Crippen molar-refractivity contribution in [3.8, 4) is 5.75 Å². The van der Waals surface area contributed by atoms with Crippen LogP contribution in [0.5, 0.6) is 5.75 Å². The molecule has 0 aromatic heterocycles. The van der Waals surface area contributed by atoms with Gasteiger partial charge >= 0.3 is 0 Å². The molecule has 1 amide bonds. The van der Waals surface area contributed by atoms with Gasteiger partial charge in [-0.25, -0.2) is 0 Å². The summed E-state index contributed by atoms with van der Waals surface area (Å²) in [6.45, 7) is 5.70.